The second-order valence-corrected chi connectivity index (χ2v) is 12.3. The SMILES string of the molecule is Cc1ccc2c(NS(=O)(=O)N3CCCCC3)cccc2c1Oc1ncccc1-c1ccnc(NC2CCCNC2)n1.Cl. The lowest BCUT2D eigenvalue weighted by molar-refractivity contribution is 0.349. The predicted octanol–water partition coefficient (Wildman–Crippen LogP) is 5.52. The number of piperidine rings is 2. The number of ether oxygens (including phenoxy) is 1. The van der Waals surface area contributed by atoms with Gasteiger partial charge in [-0.1, -0.05) is 30.7 Å². The number of nitrogens with one attached hydrogen (secondary N) is 3. The van der Waals surface area contributed by atoms with Gasteiger partial charge < -0.3 is 15.4 Å². The van der Waals surface area contributed by atoms with E-state index in [1.807, 2.05) is 49.4 Å². The molecular weight excluding hydrogens is 574 g/mol. The van der Waals surface area contributed by atoms with Crippen LogP contribution in [0.1, 0.15) is 37.7 Å². The first-order chi connectivity index (χ1) is 20.0. The fourth-order valence-electron chi connectivity index (χ4n) is 5.47. The normalized spacial score (nSPS) is 17.8. The highest BCUT2D eigenvalue weighted by Crippen LogP contribution is 2.39. The summed E-state index contributed by atoms with van der Waals surface area (Å²) in [6.07, 6.45) is 8.42. The lowest BCUT2D eigenvalue weighted by Crippen LogP contribution is -2.39. The Bertz CT molecular complexity index is 1640. The second-order valence-electron chi connectivity index (χ2n) is 10.6. The highest BCUT2D eigenvalue weighted by atomic mass is 35.5. The molecule has 42 heavy (non-hydrogen) atoms. The Hall–Kier alpha value is -3.51. The number of benzene rings is 2. The van der Waals surface area contributed by atoms with E-state index >= 15 is 0 Å². The molecule has 2 aromatic heterocycles. The van der Waals surface area contributed by atoms with Gasteiger partial charge in [-0.2, -0.15) is 12.7 Å². The number of aryl methyl sites for hydroxylation is 1. The zero-order valence-corrected chi connectivity index (χ0v) is 25.2. The minimum absolute atomic E-state index is 0. The third-order valence-electron chi connectivity index (χ3n) is 7.63. The van der Waals surface area contributed by atoms with Crippen LogP contribution in [0.3, 0.4) is 0 Å². The second kappa shape index (κ2) is 13.2. The zero-order chi connectivity index (χ0) is 28.2. The van der Waals surface area contributed by atoms with Gasteiger partial charge in [0.2, 0.25) is 11.8 Å². The van der Waals surface area contributed by atoms with Crippen LogP contribution in [0.2, 0.25) is 0 Å². The Balaban J connectivity index is 0.00000353. The fraction of sp³-hybridized carbons (Fsp3) is 0.367. The highest BCUT2D eigenvalue weighted by Gasteiger charge is 2.25. The topological polar surface area (TPSA) is 121 Å². The van der Waals surface area contributed by atoms with Gasteiger partial charge in [0.1, 0.15) is 5.75 Å². The molecule has 0 amide bonds. The van der Waals surface area contributed by atoms with Gasteiger partial charge in [0.05, 0.1) is 16.9 Å². The maximum Gasteiger partial charge on any atom is 0.301 e. The molecule has 0 aliphatic carbocycles. The van der Waals surface area contributed by atoms with Crippen LogP contribution in [0.4, 0.5) is 11.6 Å². The molecule has 222 valence electrons. The van der Waals surface area contributed by atoms with Crippen LogP contribution < -0.4 is 20.1 Å². The van der Waals surface area contributed by atoms with Gasteiger partial charge in [0, 0.05) is 48.8 Å². The number of aromatic nitrogens is 3. The summed E-state index contributed by atoms with van der Waals surface area (Å²) in [6.45, 7) is 4.95. The molecule has 4 heterocycles. The van der Waals surface area contributed by atoms with Crippen molar-refractivity contribution in [2.45, 2.75) is 45.1 Å². The first-order valence-corrected chi connectivity index (χ1v) is 15.7. The van der Waals surface area contributed by atoms with Crippen molar-refractivity contribution in [2.24, 2.45) is 0 Å². The van der Waals surface area contributed by atoms with E-state index in [1.165, 1.54) is 4.31 Å². The largest absolute Gasteiger partial charge is 0.437 e. The Morgan fingerprint density at radius 1 is 0.952 bits per heavy atom. The van der Waals surface area contributed by atoms with E-state index in [2.05, 4.69) is 25.3 Å². The van der Waals surface area contributed by atoms with Gasteiger partial charge in [-0.05, 0) is 69.0 Å². The molecule has 2 aliphatic rings. The van der Waals surface area contributed by atoms with Crippen LogP contribution in [-0.4, -0.2) is 59.9 Å². The monoisotopic (exact) mass is 609 g/mol. The molecule has 12 heteroatoms. The maximum absolute atomic E-state index is 13.1. The van der Waals surface area contributed by atoms with E-state index in [0.717, 1.165) is 67.1 Å². The Morgan fingerprint density at radius 3 is 2.62 bits per heavy atom. The zero-order valence-electron chi connectivity index (χ0n) is 23.5. The first kappa shape index (κ1) is 30.0. The number of nitrogens with zero attached hydrogens (tertiary/aromatic N) is 4. The Morgan fingerprint density at radius 2 is 1.81 bits per heavy atom. The van der Waals surface area contributed by atoms with E-state index in [-0.39, 0.29) is 18.4 Å². The summed E-state index contributed by atoms with van der Waals surface area (Å²) in [5, 5.41) is 8.38. The number of anilines is 2. The standard InChI is InChI=1S/C30H35N7O3S.ClH/c1-21-12-13-23-24(9-5-11-27(23)36-41(38,39)37-18-3-2-4-19-37)28(21)40-29-25(10-7-16-32-29)26-14-17-33-30(35-26)34-22-8-6-15-31-20-22;/h5,7,9-14,16-17,22,31,36H,2-4,6,8,15,18-20H2,1H3,(H,33,34,35);1H. The van der Waals surface area contributed by atoms with Crippen molar-refractivity contribution in [3.05, 3.63) is 66.5 Å². The molecule has 0 spiro atoms. The minimum atomic E-state index is -3.66. The molecule has 2 aliphatic heterocycles. The smallest absolute Gasteiger partial charge is 0.301 e. The van der Waals surface area contributed by atoms with Gasteiger partial charge >= 0.3 is 10.2 Å². The molecule has 2 fully saturated rings. The molecule has 1 unspecified atom stereocenters. The van der Waals surface area contributed by atoms with Crippen molar-refractivity contribution < 1.29 is 13.2 Å². The third-order valence-corrected chi connectivity index (χ3v) is 9.16. The van der Waals surface area contributed by atoms with Crippen LogP contribution in [0.5, 0.6) is 11.6 Å². The molecule has 6 rings (SSSR count). The molecule has 0 saturated carbocycles. The first-order valence-electron chi connectivity index (χ1n) is 14.2. The van der Waals surface area contributed by atoms with E-state index in [0.29, 0.717) is 42.0 Å². The molecule has 10 nitrogen and oxygen atoms in total. The number of halogens is 1. The van der Waals surface area contributed by atoms with Crippen molar-refractivity contribution in [2.75, 3.05) is 36.2 Å². The average Bonchev–Trinajstić information content (AvgIpc) is 3.00. The van der Waals surface area contributed by atoms with E-state index in [9.17, 15) is 8.42 Å². The number of hydrogen-bond acceptors (Lipinski definition) is 8. The molecule has 2 aromatic carbocycles. The van der Waals surface area contributed by atoms with Crippen molar-refractivity contribution in [1.82, 2.24) is 24.6 Å². The van der Waals surface area contributed by atoms with E-state index in [1.54, 1.807) is 18.5 Å². The summed E-state index contributed by atoms with van der Waals surface area (Å²) in [5.74, 6) is 1.59. The molecule has 4 aromatic rings. The van der Waals surface area contributed by atoms with Crippen LogP contribution in [0, 0.1) is 6.92 Å². The minimum Gasteiger partial charge on any atom is -0.437 e. The summed E-state index contributed by atoms with van der Waals surface area (Å²) in [6, 6.07) is 15.3. The summed E-state index contributed by atoms with van der Waals surface area (Å²) in [7, 11) is -3.66. The fourth-order valence-corrected chi connectivity index (χ4v) is 6.80. The quantitative estimate of drug-likeness (QED) is 0.239. The molecule has 2 saturated heterocycles. The van der Waals surface area contributed by atoms with Gasteiger partial charge in [0.15, 0.2) is 0 Å². The number of rotatable bonds is 8. The average molecular weight is 610 g/mol. The summed E-state index contributed by atoms with van der Waals surface area (Å²) in [5.41, 5.74) is 2.85. The van der Waals surface area contributed by atoms with Crippen molar-refractivity contribution in [1.29, 1.82) is 0 Å². The highest BCUT2D eigenvalue weighted by molar-refractivity contribution is 7.90. The van der Waals surface area contributed by atoms with E-state index in [4.69, 9.17) is 9.72 Å². The number of hydrogen-bond donors (Lipinski definition) is 3. The van der Waals surface area contributed by atoms with Crippen LogP contribution in [0.15, 0.2) is 60.9 Å². The maximum atomic E-state index is 13.1. The predicted molar refractivity (Wildman–Crippen MR) is 169 cm³/mol. The Labute approximate surface area is 252 Å². The number of pyridine rings is 1. The van der Waals surface area contributed by atoms with Gasteiger partial charge in [-0.3, -0.25) is 4.72 Å². The summed E-state index contributed by atoms with van der Waals surface area (Å²) < 4.78 is 37.1. The number of fused-ring (bicyclic) bond motifs is 1. The van der Waals surface area contributed by atoms with Crippen molar-refractivity contribution in [3.63, 3.8) is 0 Å². The molecule has 0 radical (unpaired) electrons. The van der Waals surface area contributed by atoms with Gasteiger partial charge in [-0.15, -0.1) is 12.4 Å². The van der Waals surface area contributed by atoms with E-state index < -0.39 is 10.2 Å². The van der Waals surface area contributed by atoms with Crippen LogP contribution >= 0.6 is 12.4 Å². The summed E-state index contributed by atoms with van der Waals surface area (Å²) in [4.78, 5) is 13.8. The molecule has 1 atom stereocenters. The lowest BCUT2D eigenvalue weighted by Gasteiger charge is -2.26. The molecule has 0 bridgehead atoms. The van der Waals surface area contributed by atoms with Crippen LogP contribution in [0.25, 0.3) is 22.0 Å². The third kappa shape index (κ3) is 6.59. The van der Waals surface area contributed by atoms with Crippen molar-refractivity contribution >= 4 is 45.0 Å². The lowest BCUT2D eigenvalue weighted by atomic mass is 10.0. The van der Waals surface area contributed by atoms with Gasteiger partial charge in [-0.25, -0.2) is 15.0 Å². The Kier molecular flexibility index (Phi) is 9.42. The van der Waals surface area contributed by atoms with Crippen LogP contribution in [-0.2, 0) is 10.2 Å². The molecule has 3 N–H and O–H groups in total. The summed E-state index contributed by atoms with van der Waals surface area (Å²) >= 11 is 0. The van der Waals surface area contributed by atoms with Crippen molar-refractivity contribution in [3.8, 4) is 22.9 Å². The molecular formula is C30H36ClN7O3S. The van der Waals surface area contributed by atoms with Gasteiger partial charge in [0.25, 0.3) is 0 Å².